The minimum atomic E-state index is -1.40. The molecule has 9 nitrogen and oxygen atoms in total. The Bertz CT molecular complexity index is 1150. The quantitative estimate of drug-likeness (QED) is 0.241. The number of allylic oxidation sites excluding steroid dienone is 9. The number of carbonyl (C=O) groups excluding carboxylic acids is 1. The van der Waals surface area contributed by atoms with Crippen molar-refractivity contribution in [3.05, 3.63) is 82.0 Å². The molecule has 2 rings (SSSR count). The molecule has 1 aromatic heterocycles. The molecule has 38 heavy (non-hydrogen) atoms. The Morgan fingerprint density at radius 1 is 1.13 bits per heavy atom. The lowest BCUT2D eigenvalue weighted by Gasteiger charge is -2.17. The molecule has 0 saturated carbocycles. The maximum Gasteiger partial charge on any atom is 0.351 e. The van der Waals surface area contributed by atoms with Gasteiger partial charge in [-0.15, -0.1) is 0 Å². The van der Waals surface area contributed by atoms with Gasteiger partial charge in [-0.2, -0.15) is 4.98 Å². The minimum Gasteiger partial charge on any atom is -0.394 e. The van der Waals surface area contributed by atoms with Crippen molar-refractivity contribution in [2.45, 2.75) is 78.4 Å². The molecule has 1 aliphatic rings. The predicted octanol–water partition coefficient (Wildman–Crippen LogP) is 3.57. The van der Waals surface area contributed by atoms with E-state index in [1.165, 1.54) is 36.8 Å². The molecule has 0 radical (unpaired) electrons. The van der Waals surface area contributed by atoms with Crippen LogP contribution >= 0.6 is 0 Å². The van der Waals surface area contributed by atoms with Crippen molar-refractivity contribution in [3.63, 3.8) is 0 Å². The molecule has 0 spiro atoms. The Kier molecular flexibility index (Phi) is 12.6. The van der Waals surface area contributed by atoms with Gasteiger partial charge in [-0.3, -0.25) is 9.36 Å². The summed E-state index contributed by atoms with van der Waals surface area (Å²) in [7, 11) is 0. The molecule has 2 heterocycles. The van der Waals surface area contributed by atoms with Crippen LogP contribution in [0.25, 0.3) is 0 Å². The summed E-state index contributed by atoms with van der Waals surface area (Å²) in [5.41, 5.74) is 2.35. The van der Waals surface area contributed by atoms with E-state index in [2.05, 4.69) is 37.1 Å². The van der Waals surface area contributed by atoms with E-state index >= 15 is 0 Å². The van der Waals surface area contributed by atoms with Crippen molar-refractivity contribution in [1.82, 2.24) is 9.55 Å². The molecule has 1 amide bonds. The lowest BCUT2D eigenvalue weighted by atomic mass is 10.0. The normalized spacial score (nSPS) is 23.2. The number of hydrogen-bond donors (Lipinski definition) is 4. The number of carbonyl (C=O) groups is 1. The fourth-order valence-corrected chi connectivity index (χ4v) is 3.85. The number of nitrogens with one attached hydrogen (secondary N) is 1. The first-order valence-electron chi connectivity index (χ1n) is 12.9. The van der Waals surface area contributed by atoms with E-state index in [0.29, 0.717) is 5.57 Å². The summed E-state index contributed by atoms with van der Waals surface area (Å²) in [4.78, 5) is 28.5. The van der Waals surface area contributed by atoms with Gasteiger partial charge in [0.2, 0.25) is 5.91 Å². The first kappa shape index (κ1) is 31.1. The monoisotopic (exact) mass is 527 g/mol. The van der Waals surface area contributed by atoms with Crippen LogP contribution in [0.4, 0.5) is 5.82 Å². The van der Waals surface area contributed by atoms with Crippen LogP contribution < -0.4 is 11.0 Å². The molecule has 0 bridgehead atoms. The lowest BCUT2D eigenvalue weighted by molar-refractivity contribution is -0.112. The van der Waals surface area contributed by atoms with Crippen molar-refractivity contribution < 1.29 is 24.9 Å². The number of aliphatic hydroxyl groups excluding tert-OH is 3. The maximum atomic E-state index is 12.4. The van der Waals surface area contributed by atoms with E-state index in [0.717, 1.165) is 22.5 Å². The molecule has 0 unspecified atom stereocenters. The zero-order chi connectivity index (χ0) is 28.2. The van der Waals surface area contributed by atoms with Gasteiger partial charge in [0, 0.05) is 12.3 Å². The number of anilines is 1. The number of rotatable bonds is 12. The molecule has 1 aromatic rings. The van der Waals surface area contributed by atoms with Crippen LogP contribution in [-0.2, 0) is 9.53 Å². The molecule has 1 aliphatic heterocycles. The molecule has 208 valence electrons. The molecule has 1 saturated heterocycles. The van der Waals surface area contributed by atoms with Crippen LogP contribution in [0.3, 0.4) is 0 Å². The van der Waals surface area contributed by atoms with Gasteiger partial charge in [0.05, 0.1) is 6.61 Å². The molecule has 0 aliphatic carbocycles. The highest BCUT2D eigenvalue weighted by Crippen LogP contribution is 2.28. The fourth-order valence-electron chi connectivity index (χ4n) is 3.85. The smallest absolute Gasteiger partial charge is 0.351 e. The van der Waals surface area contributed by atoms with Gasteiger partial charge in [-0.25, -0.2) is 4.79 Å². The zero-order valence-corrected chi connectivity index (χ0v) is 22.9. The summed E-state index contributed by atoms with van der Waals surface area (Å²) in [6.45, 7) is 9.91. The second kappa shape index (κ2) is 15.3. The molecule has 1 fully saturated rings. The average molecular weight is 528 g/mol. The fraction of sp³-hybridized carbons (Fsp3) is 0.483. The van der Waals surface area contributed by atoms with Crippen LogP contribution in [0.15, 0.2) is 76.3 Å². The van der Waals surface area contributed by atoms with E-state index in [1.807, 2.05) is 31.2 Å². The van der Waals surface area contributed by atoms with Crippen LogP contribution in [0, 0.1) is 5.92 Å². The third-order valence-corrected chi connectivity index (χ3v) is 6.04. The van der Waals surface area contributed by atoms with Crippen LogP contribution in [0.2, 0.25) is 0 Å². The molecular formula is C29H41N3O6. The van der Waals surface area contributed by atoms with Crippen LogP contribution in [-0.4, -0.2) is 55.7 Å². The van der Waals surface area contributed by atoms with Crippen molar-refractivity contribution in [2.75, 3.05) is 11.9 Å². The van der Waals surface area contributed by atoms with Crippen LogP contribution in [0.1, 0.15) is 60.1 Å². The van der Waals surface area contributed by atoms with E-state index in [-0.39, 0.29) is 5.82 Å². The topological polar surface area (TPSA) is 134 Å². The number of amides is 1. The van der Waals surface area contributed by atoms with Crippen molar-refractivity contribution >= 4 is 11.7 Å². The summed E-state index contributed by atoms with van der Waals surface area (Å²) in [5.74, 6) is 0.311. The summed E-state index contributed by atoms with van der Waals surface area (Å²) < 4.78 is 6.34. The predicted molar refractivity (Wildman–Crippen MR) is 148 cm³/mol. The third-order valence-electron chi connectivity index (χ3n) is 6.04. The average Bonchev–Trinajstić information content (AvgIpc) is 3.12. The lowest BCUT2D eigenvalue weighted by Crippen LogP contribution is -2.36. The van der Waals surface area contributed by atoms with E-state index in [4.69, 9.17) is 4.74 Å². The summed E-state index contributed by atoms with van der Waals surface area (Å²) in [5, 5.41) is 31.7. The van der Waals surface area contributed by atoms with Gasteiger partial charge in [0.15, 0.2) is 6.23 Å². The maximum absolute atomic E-state index is 12.4. The largest absolute Gasteiger partial charge is 0.394 e. The number of nitrogens with zero attached hydrogens (tertiary/aromatic N) is 2. The first-order chi connectivity index (χ1) is 18.0. The van der Waals surface area contributed by atoms with Gasteiger partial charge in [-0.05, 0) is 51.2 Å². The highest BCUT2D eigenvalue weighted by atomic mass is 16.6. The molecule has 9 heteroatoms. The molecule has 4 N–H and O–H groups in total. The Labute approximate surface area is 224 Å². The zero-order valence-electron chi connectivity index (χ0n) is 22.9. The second-order valence-electron chi connectivity index (χ2n) is 10.0. The van der Waals surface area contributed by atoms with Crippen molar-refractivity contribution in [1.29, 1.82) is 0 Å². The van der Waals surface area contributed by atoms with E-state index < -0.39 is 42.7 Å². The highest BCUT2D eigenvalue weighted by molar-refractivity contribution is 5.99. The second-order valence-corrected chi connectivity index (χ2v) is 10.0. The van der Waals surface area contributed by atoms with E-state index in [9.17, 15) is 24.9 Å². The molecule has 0 aromatic carbocycles. The minimum absolute atomic E-state index is 0.0319. The first-order valence-corrected chi connectivity index (χ1v) is 12.9. The Morgan fingerprint density at radius 3 is 2.45 bits per heavy atom. The number of hydrogen-bond acceptors (Lipinski definition) is 7. The van der Waals surface area contributed by atoms with Crippen molar-refractivity contribution in [3.8, 4) is 0 Å². The van der Waals surface area contributed by atoms with Crippen LogP contribution in [0.5, 0.6) is 0 Å². The van der Waals surface area contributed by atoms with Gasteiger partial charge in [0.1, 0.15) is 24.1 Å². The Balaban J connectivity index is 1.91. The number of ether oxygens (including phenoxy) is 1. The Hall–Kier alpha value is -3.11. The summed E-state index contributed by atoms with van der Waals surface area (Å²) >= 11 is 0. The SMILES string of the molecule is CC(/C=C/C=C(\C)CCCC(C)C)=C\C=C\C(C)=C\C(=O)Nc1ccn([C@@H]2O[C@H](CO)[C@@H](O)[C@@H]2O)c(=O)n1. The van der Waals surface area contributed by atoms with Gasteiger partial charge < -0.3 is 25.4 Å². The summed E-state index contributed by atoms with van der Waals surface area (Å²) in [6.07, 6.45) is 13.1. The molecule has 4 atom stereocenters. The highest BCUT2D eigenvalue weighted by Gasteiger charge is 2.43. The Morgan fingerprint density at radius 2 is 1.82 bits per heavy atom. The van der Waals surface area contributed by atoms with Gasteiger partial charge in [-0.1, -0.05) is 67.9 Å². The standard InChI is InChI=1S/C29H41N3O6/c1-19(2)9-6-10-20(3)11-7-12-21(4)13-8-14-22(5)17-25(34)30-24-15-16-32(29(37)31-24)28-27(36)26(35)23(18-33)38-28/h7-8,11-17,19,23,26-28,33,35-36H,6,9-10,18H2,1-5H3,(H,30,31,34,37)/b12-7+,14-8+,20-11+,21-13+,22-17+/t23-,26-,27+,28-/m1/s1. The van der Waals surface area contributed by atoms with E-state index in [1.54, 1.807) is 13.0 Å². The molecular weight excluding hydrogens is 486 g/mol. The van der Waals surface area contributed by atoms with Crippen molar-refractivity contribution in [2.24, 2.45) is 5.92 Å². The number of aliphatic hydroxyl groups is 3. The summed E-state index contributed by atoms with van der Waals surface area (Å²) in [6, 6.07) is 1.38. The number of aromatic nitrogens is 2. The van der Waals surface area contributed by atoms with Gasteiger partial charge in [0.25, 0.3) is 0 Å². The van der Waals surface area contributed by atoms with Gasteiger partial charge >= 0.3 is 5.69 Å². The third kappa shape index (κ3) is 9.98.